The van der Waals surface area contributed by atoms with Crippen molar-refractivity contribution in [3.63, 3.8) is 0 Å². The minimum atomic E-state index is 0.0725. The van der Waals surface area contributed by atoms with E-state index in [9.17, 15) is 4.79 Å². The minimum absolute atomic E-state index is 0.0725. The van der Waals surface area contributed by atoms with E-state index in [0.717, 1.165) is 19.4 Å². The second-order valence-corrected chi connectivity index (χ2v) is 5.20. The highest BCUT2D eigenvalue weighted by molar-refractivity contribution is 5.91. The van der Waals surface area contributed by atoms with Crippen LogP contribution in [0.15, 0.2) is 30.3 Å². The van der Waals surface area contributed by atoms with Gasteiger partial charge in [-0.25, -0.2) is 0 Å². The van der Waals surface area contributed by atoms with Crippen LogP contribution in [0, 0.1) is 5.41 Å². The van der Waals surface area contributed by atoms with Crippen LogP contribution in [0.5, 0.6) is 0 Å². The molecule has 1 atom stereocenters. The predicted molar refractivity (Wildman–Crippen MR) is 63.1 cm³/mol. The van der Waals surface area contributed by atoms with Crippen LogP contribution < -0.4 is 0 Å². The molecule has 0 aromatic heterocycles. The van der Waals surface area contributed by atoms with Gasteiger partial charge in [-0.05, 0) is 25.3 Å². The first-order valence-electron chi connectivity index (χ1n) is 6.04. The van der Waals surface area contributed by atoms with Gasteiger partial charge in [-0.3, -0.25) is 9.69 Å². The lowest BCUT2D eigenvalue weighted by atomic mass is 10.1. The molecule has 1 spiro atoms. The lowest BCUT2D eigenvalue weighted by Crippen LogP contribution is -2.25. The number of hydrogen-bond donors (Lipinski definition) is 0. The first-order chi connectivity index (χ1) is 7.71. The van der Waals surface area contributed by atoms with Crippen LogP contribution in [0.1, 0.15) is 31.4 Å². The monoisotopic (exact) mass is 215 g/mol. The Morgan fingerprint density at radius 2 is 1.94 bits per heavy atom. The van der Waals surface area contributed by atoms with Gasteiger partial charge in [0.05, 0.1) is 6.54 Å². The average Bonchev–Trinajstić information content (AvgIpc) is 3.01. The minimum Gasteiger partial charge on any atom is -0.298 e. The number of ketones is 1. The zero-order chi connectivity index (χ0) is 11.2. The van der Waals surface area contributed by atoms with Crippen LogP contribution in [-0.4, -0.2) is 23.8 Å². The van der Waals surface area contributed by atoms with Crippen molar-refractivity contribution in [2.45, 2.75) is 25.8 Å². The van der Waals surface area contributed by atoms with E-state index < -0.39 is 0 Å². The van der Waals surface area contributed by atoms with Gasteiger partial charge in [-0.15, -0.1) is 0 Å². The Kier molecular flexibility index (Phi) is 2.15. The average molecular weight is 215 g/mol. The van der Waals surface area contributed by atoms with Crippen molar-refractivity contribution in [3.05, 3.63) is 35.9 Å². The number of nitrogens with zero attached hydrogens (tertiary/aromatic N) is 1. The van der Waals surface area contributed by atoms with Crippen LogP contribution in [0.3, 0.4) is 0 Å². The molecule has 16 heavy (non-hydrogen) atoms. The molecule has 2 aliphatic rings. The summed E-state index contributed by atoms with van der Waals surface area (Å²) < 4.78 is 0. The summed E-state index contributed by atoms with van der Waals surface area (Å²) in [6.07, 6.45) is 2.23. The highest BCUT2D eigenvalue weighted by atomic mass is 16.1. The normalized spacial score (nSPS) is 24.9. The van der Waals surface area contributed by atoms with Gasteiger partial charge < -0.3 is 0 Å². The molecule has 1 aliphatic carbocycles. The molecule has 2 nitrogen and oxygen atoms in total. The van der Waals surface area contributed by atoms with Crippen LogP contribution >= 0.6 is 0 Å². The van der Waals surface area contributed by atoms with Gasteiger partial charge in [0, 0.05) is 18.0 Å². The molecule has 1 unspecified atom stereocenters. The van der Waals surface area contributed by atoms with Gasteiger partial charge in [0.2, 0.25) is 0 Å². The Balaban J connectivity index is 1.77. The largest absolute Gasteiger partial charge is 0.298 e. The molecule has 1 aliphatic heterocycles. The van der Waals surface area contributed by atoms with Crippen molar-refractivity contribution in [2.75, 3.05) is 13.1 Å². The third-order valence-electron chi connectivity index (χ3n) is 4.13. The van der Waals surface area contributed by atoms with Gasteiger partial charge in [0.25, 0.3) is 0 Å². The topological polar surface area (TPSA) is 20.3 Å². The van der Waals surface area contributed by atoms with Crippen LogP contribution in [0.25, 0.3) is 0 Å². The van der Waals surface area contributed by atoms with Crippen LogP contribution in [0.2, 0.25) is 0 Å². The molecule has 3 rings (SSSR count). The van der Waals surface area contributed by atoms with Gasteiger partial charge in [0.15, 0.2) is 5.78 Å². The van der Waals surface area contributed by atoms with Crippen molar-refractivity contribution >= 4 is 5.78 Å². The Bertz CT molecular complexity index is 408. The van der Waals surface area contributed by atoms with Gasteiger partial charge in [-0.2, -0.15) is 0 Å². The molecule has 1 heterocycles. The molecular formula is C14H17NO. The third-order valence-corrected chi connectivity index (χ3v) is 4.13. The van der Waals surface area contributed by atoms with E-state index in [4.69, 9.17) is 0 Å². The fourth-order valence-corrected chi connectivity index (χ4v) is 2.69. The van der Waals surface area contributed by atoms with Crippen LogP contribution in [0.4, 0.5) is 0 Å². The fourth-order valence-electron chi connectivity index (χ4n) is 2.69. The SMILES string of the molecule is CC(c1ccccc1)N1CC(=O)C2(CC2)C1. The van der Waals surface area contributed by atoms with Crippen LogP contribution in [-0.2, 0) is 4.79 Å². The lowest BCUT2D eigenvalue weighted by molar-refractivity contribution is -0.120. The Labute approximate surface area is 96.3 Å². The number of carbonyl (C=O) groups excluding carboxylic acids is 1. The molecular weight excluding hydrogens is 198 g/mol. The molecule has 0 N–H and O–H groups in total. The van der Waals surface area contributed by atoms with E-state index in [1.807, 2.05) is 6.07 Å². The van der Waals surface area contributed by atoms with Crippen molar-refractivity contribution in [3.8, 4) is 0 Å². The third kappa shape index (κ3) is 1.49. The highest BCUT2D eigenvalue weighted by Gasteiger charge is 2.55. The molecule has 1 saturated heterocycles. The van der Waals surface area contributed by atoms with Crippen molar-refractivity contribution in [2.24, 2.45) is 5.41 Å². The van der Waals surface area contributed by atoms with E-state index in [1.54, 1.807) is 0 Å². The quantitative estimate of drug-likeness (QED) is 0.755. The maximum atomic E-state index is 11.9. The van der Waals surface area contributed by atoms with E-state index in [1.165, 1.54) is 5.56 Å². The second-order valence-electron chi connectivity index (χ2n) is 5.20. The first-order valence-corrected chi connectivity index (χ1v) is 6.04. The Morgan fingerprint density at radius 1 is 1.25 bits per heavy atom. The zero-order valence-corrected chi connectivity index (χ0v) is 9.65. The van der Waals surface area contributed by atoms with E-state index >= 15 is 0 Å². The number of rotatable bonds is 2. The lowest BCUT2D eigenvalue weighted by Gasteiger charge is -2.23. The van der Waals surface area contributed by atoms with Crippen molar-refractivity contribution in [1.29, 1.82) is 0 Å². The smallest absolute Gasteiger partial charge is 0.154 e. The Hall–Kier alpha value is -1.15. The van der Waals surface area contributed by atoms with Crippen molar-refractivity contribution in [1.82, 2.24) is 4.90 Å². The zero-order valence-electron chi connectivity index (χ0n) is 9.65. The van der Waals surface area contributed by atoms with Gasteiger partial charge in [0.1, 0.15) is 0 Å². The summed E-state index contributed by atoms with van der Waals surface area (Å²) in [6, 6.07) is 10.8. The molecule has 0 bridgehead atoms. The molecule has 2 fully saturated rings. The molecule has 2 heteroatoms. The van der Waals surface area contributed by atoms with E-state index in [-0.39, 0.29) is 5.41 Å². The summed E-state index contributed by atoms with van der Waals surface area (Å²) in [5, 5.41) is 0. The summed E-state index contributed by atoms with van der Waals surface area (Å²) in [7, 11) is 0. The van der Waals surface area contributed by atoms with Gasteiger partial charge in [-0.1, -0.05) is 30.3 Å². The number of carbonyl (C=O) groups is 1. The molecule has 1 aromatic rings. The number of likely N-dealkylation sites (tertiary alicyclic amines) is 1. The summed E-state index contributed by atoms with van der Waals surface area (Å²) in [6.45, 7) is 3.82. The Morgan fingerprint density at radius 3 is 2.50 bits per heavy atom. The summed E-state index contributed by atoms with van der Waals surface area (Å²) in [5.41, 5.74) is 1.39. The molecule has 1 saturated carbocycles. The second kappa shape index (κ2) is 3.42. The van der Waals surface area contributed by atoms with E-state index in [0.29, 0.717) is 18.4 Å². The summed E-state index contributed by atoms with van der Waals surface area (Å²) >= 11 is 0. The predicted octanol–water partition coefficient (Wildman–Crippen LogP) is 2.41. The molecule has 0 amide bonds. The summed E-state index contributed by atoms with van der Waals surface area (Å²) in [5.74, 6) is 0.468. The first kappa shape index (κ1) is 10.0. The highest BCUT2D eigenvalue weighted by Crippen LogP contribution is 2.51. The number of benzene rings is 1. The standard InChI is InChI=1S/C14H17NO/c1-11(12-5-3-2-4-6-12)15-9-13(16)14(10-15)7-8-14/h2-6,11H,7-10H2,1H3. The molecule has 84 valence electrons. The fraction of sp³-hybridized carbons (Fsp3) is 0.500. The van der Waals surface area contributed by atoms with E-state index in [2.05, 4.69) is 36.1 Å². The maximum Gasteiger partial charge on any atom is 0.154 e. The van der Waals surface area contributed by atoms with Gasteiger partial charge >= 0.3 is 0 Å². The number of Topliss-reactive ketones (excluding diaryl/α,β-unsaturated/α-hetero) is 1. The molecule has 0 radical (unpaired) electrons. The van der Waals surface area contributed by atoms with Crippen molar-refractivity contribution < 1.29 is 4.79 Å². The maximum absolute atomic E-state index is 11.9. The molecule has 1 aromatic carbocycles. The number of hydrogen-bond acceptors (Lipinski definition) is 2. The summed E-state index contributed by atoms with van der Waals surface area (Å²) in [4.78, 5) is 14.2.